The van der Waals surface area contributed by atoms with Gasteiger partial charge < -0.3 is 18.6 Å². The first-order valence-corrected chi connectivity index (χ1v) is 12.2. The van der Waals surface area contributed by atoms with E-state index in [9.17, 15) is 9.59 Å². The summed E-state index contributed by atoms with van der Waals surface area (Å²) in [4.78, 5) is 25.0. The highest BCUT2D eigenvalue weighted by Gasteiger charge is 2.46. The molecule has 1 fully saturated rings. The molecular formula is C18H30O6Si. The molecule has 0 radical (unpaired) electrons. The molecule has 2 aliphatic rings. The van der Waals surface area contributed by atoms with E-state index in [0.717, 1.165) is 0 Å². The van der Waals surface area contributed by atoms with Crippen molar-refractivity contribution in [3.05, 3.63) is 12.2 Å². The molecule has 142 valence electrons. The van der Waals surface area contributed by atoms with Crippen LogP contribution >= 0.6 is 0 Å². The summed E-state index contributed by atoms with van der Waals surface area (Å²) < 4.78 is 22.4. The zero-order valence-electron chi connectivity index (χ0n) is 16.0. The lowest BCUT2D eigenvalue weighted by molar-refractivity contribution is -0.158. The van der Waals surface area contributed by atoms with E-state index in [1.165, 1.54) is 7.11 Å². The second-order valence-corrected chi connectivity index (χ2v) is 12.6. The first-order chi connectivity index (χ1) is 11.5. The summed E-state index contributed by atoms with van der Waals surface area (Å²) >= 11 is 0. The number of hydrogen-bond acceptors (Lipinski definition) is 6. The van der Waals surface area contributed by atoms with Gasteiger partial charge in [0.25, 0.3) is 0 Å². The summed E-state index contributed by atoms with van der Waals surface area (Å²) in [6.45, 7) is 10.1. The lowest BCUT2D eigenvalue weighted by Crippen LogP contribution is -2.47. The zero-order valence-corrected chi connectivity index (χ0v) is 17.0. The normalized spacial score (nSPS) is 31.8. The van der Waals surface area contributed by atoms with Crippen LogP contribution in [-0.2, 0) is 28.2 Å². The lowest BCUT2D eigenvalue weighted by Gasteiger charge is -2.37. The number of allylic oxidation sites excluding steroid dienone is 1. The number of carbonyl (C=O) groups excluding carboxylic acids is 2. The van der Waals surface area contributed by atoms with Gasteiger partial charge in [-0.05, 0) is 45.8 Å². The van der Waals surface area contributed by atoms with Crippen molar-refractivity contribution >= 4 is 20.1 Å². The van der Waals surface area contributed by atoms with Gasteiger partial charge in [-0.15, -0.1) is 0 Å². The molecule has 0 unspecified atom stereocenters. The van der Waals surface area contributed by atoms with Crippen LogP contribution in [0.3, 0.4) is 0 Å². The Morgan fingerprint density at radius 2 is 1.96 bits per heavy atom. The Balaban J connectivity index is 2.24. The minimum absolute atomic E-state index is 0.0490. The molecular weight excluding hydrogens is 340 g/mol. The molecule has 6 nitrogen and oxygen atoms in total. The molecule has 25 heavy (non-hydrogen) atoms. The minimum atomic E-state index is -1.87. The summed E-state index contributed by atoms with van der Waals surface area (Å²) in [5.74, 6) is -1.71. The van der Waals surface area contributed by atoms with E-state index < -0.39 is 26.1 Å². The maximum Gasteiger partial charge on any atom is 0.305 e. The van der Waals surface area contributed by atoms with Crippen molar-refractivity contribution in [1.82, 2.24) is 0 Å². The van der Waals surface area contributed by atoms with E-state index in [1.54, 1.807) is 13.8 Å². The number of Topliss-reactive ketones (excluding diaryl/α,β-unsaturated/α-hetero) is 1. The van der Waals surface area contributed by atoms with Crippen LogP contribution in [0.4, 0.5) is 0 Å². The van der Waals surface area contributed by atoms with E-state index in [2.05, 4.69) is 19.6 Å². The Labute approximate surface area is 151 Å². The molecule has 1 aliphatic carbocycles. The quantitative estimate of drug-likeness (QED) is 0.407. The molecule has 2 rings (SSSR count). The number of rotatable bonds is 6. The summed E-state index contributed by atoms with van der Waals surface area (Å²) in [5.41, 5.74) is 0. The highest BCUT2D eigenvalue weighted by Crippen LogP contribution is 2.36. The predicted molar refractivity (Wildman–Crippen MR) is 95.5 cm³/mol. The van der Waals surface area contributed by atoms with Gasteiger partial charge in [-0.1, -0.05) is 12.2 Å². The molecule has 1 saturated heterocycles. The third-order valence-electron chi connectivity index (χ3n) is 4.43. The summed E-state index contributed by atoms with van der Waals surface area (Å²) in [7, 11) is -0.504. The van der Waals surface area contributed by atoms with Crippen molar-refractivity contribution in [2.75, 3.05) is 13.7 Å². The van der Waals surface area contributed by atoms with Crippen LogP contribution in [0.5, 0.6) is 0 Å². The average Bonchev–Trinajstić information content (AvgIpc) is 2.85. The highest BCUT2D eigenvalue weighted by atomic mass is 28.4. The van der Waals surface area contributed by atoms with Gasteiger partial charge in [-0.3, -0.25) is 9.59 Å². The summed E-state index contributed by atoms with van der Waals surface area (Å²) in [6.07, 6.45) is 3.83. The molecule has 7 heteroatoms. The van der Waals surface area contributed by atoms with Crippen LogP contribution in [0.1, 0.15) is 26.7 Å². The predicted octanol–water partition coefficient (Wildman–Crippen LogP) is 2.68. The van der Waals surface area contributed by atoms with E-state index in [4.69, 9.17) is 18.6 Å². The molecule has 0 saturated carbocycles. The van der Waals surface area contributed by atoms with Gasteiger partial charge in [-0.25, -0.2) is 0 Å². The maximum atomic E-state index is 13.2. The number of ether oxygens (including phenoxy) is 3. The van der Waals surface area contributed by atoms with Gasteiger partial charge in [0.1, 0.15) is 6.10 Å². The van der Waals surface area contributed by atoms with Gasteiger partial charge in [0, 0.05) is 6.42 Å². The molecule has 1 heterocycles. The van der Waals surface area contributed by atoms with Gasteiger partial charge in [0.15, 0.2) is 19.9 Å². The van der Waals surface area contributed by atoms with Crippen molar-refractivity contribution in [3.8, 4) is 0 Å². The standard InChI is InChI=1S/C18H30O6Si/c1-18(2)22-11-14(23-18)17(20)16-12(10-15(19)21-3)8-7-9-13(16)24-25(4,5)6/h7,9,12-14,16H,8,10-11H2,1-6H3/t12-,13+,14+,16-/m0/s1. The summed E-state index contributed by atoms with van der Waals surface area (Å²) in [6, 6.07) is 0. The molecule has 0 bridgehead atoms. The maximum absolute atomic E-state index is 13.2. The molecule has 0 aromatic heterocycles. The van der Waals surface area contributed by atoms with Gasteiger partial charge in [-0.2, -0.15) is 0 Å². The van der Waals surface area contributed by atoms with Crippen molar-refractivity contribution in [3.63, 3.8) is 0 Å². The Bertz CT molecular complexity index is 536. The fourth-order valence-electron chi connectivity index (χ4n) is 3.39. The molecule has 0 spiro atoms. The Morgan fingerprint density at radius 3 is 2.48 bits per heavy atom. The monoisotopic (exact) mass is 370 g/mol. The van der Waals surface area contributed by atoms with Crippen LogP contribution in [0.15, 0.2) is 12.2 Å². The van der Waals surface area contributed by atoms with Crippen molar-refractivity contribution < 1.29 is 28.2 Å². The molecule has 1 aliphatic heterocycles. The Kier molecular flexibility index (Phi) is 6.25. The van der Waals surface area contributed by atoms with Crippen LogP contribution in [0.25, 0.3) is 0 Å². The van der Waals surface area contributed by atoms with Gasteiger partial charge in [0.2, 0.25) is 0 Å². The zero-order chi connectivity index (χ0) is 18.8. The highest BCUT2D eigenvalue weighted by molar-refractivity contribution is 6.69. The lowest BCUT2D eigenvalue weighted by atomic mass is 9.75. The van der Waals surface area contributed by atoms with Crippen LogP contribution in [-0.4, -0.2) is 51.8 Å². The first-order valence-electron chi connectivity index (χ1n) is 8.79. The molecule has 0 amide bonds. The smallest absolute Gasteiger partial charge is 0.305 e. The average molecular weight is 371 g/mol. The fourth-order valence-corrected chi connectivity index (χ4v) is 4.43. The van der Waals surface area contributed by atoms with Crippen LogP contribution in [0.2, 0.25) is 19.6 Å². The fraction of sp³-hybridized carbons (Fsp3) is 0.778. The SMILES string of the molecule is COC(=O)C[C@@H]1CC=C[C@@H](O[Si](C)(C)C)[C@H]1C(=O)[C@H]1COC(C)(C)O1. The van der Waals surface area contributed by atoms with Crippen LogP contribution in [0, 0.1) is 11.8 Å². The number of ketones is 1. The van der Waals surface area contributed by atoms with Crippen molar-refractivity contribution in [2.24, 2.45) is 11.8 Å². The number of methoxy groups -OCH3 is 1. The third kappa shape index (κ3) is 5.47. The molecule has 0 aromatic rings. The summed E-state index contributed by atoms with van der Waals surface area (Å²) in [5, 5.41) is 0. The van der Waals surface area contributed by atoms with E-state index in [1.807, 2.05) is 12.2 Å². The second-order valence-electron chi connectivity index (χ2n) is 8.14. The molecule has 0 aromatic carbocycles. The van der Waals surface area contributed by atoms with Crippen LogP contribution < -0.4 is 0 Å². The van der Waals surface area contributed by atoms with E-state index >= 15 is 0 Å². The van der Waals surface area contributed by atoms with Gasteiger partial charge >= 0.3 is 5.97 Å². The largest absolute Gasteiger partial charge is 0.469 e. The Hall–Kier alpha value is -1.02. The third-order valence-corrected chi connectivity index (χ3v) is 5.41. The number of esters is 1. The second kappa shape index (κ2) is 7.69. The van der Waals surface area contributed by atoms with Crippen molar-refractivity contribution in [1.29, 1.82) is 0 Å². The number of carbonyl (C=O) groups is 2. The van der Waals surface area contributed by atoms with E-state index in [-0.39, 0.29) is 36.8 Å². The first kappa shape index (κ1) is 20.3. The minimum Gasteiger partial charge on any atom is -0.469 e. The topological polar surface area (TPSA) is 71.1 Å². The molecule has 4 atom stereocenters. The Morgan fingerprint density at radius 1 is 1.28 bits per heavy atom. The van der Waals surface area contributed by atoms with Gasteiger partial charge in [0.05, 0.1) is 25.7 Å². The number of hydrogen-bond donors (Lipinski definition) is 0. The van der Waals surface area contributed by atoms with Crippen molar-refractivity contribution in [2.45, 2.75) is 64.3 Å². The molecule has 0 N–H and O–H groups in total. The van der Waals surface area contributed by atoms with E-state index in [0.29, 0.717) is 6.42 Å².